The van der Waals surface area contributed by atoms with Crippen molar-refractivity contribution in [2.24, 2.45) is 0 Å². The average molecular weight is 614 g/mol. The van der Waals surface area contributed by atoms with Crippen LogP contribution in [-0.4, -0.2) is 34.3 Å². The Labute approximate surface area is 241 Å². The quantitative estimate of drug-likeness (QED) is 0.166. The van der Waals surface area contributed by atoms with Crippen molar-refractivity contribution < 1.29 is 24.5 Å². The molecule has 0 fully saturated rings. The number of carbonyl (C=O) groups is 1. The van der Waals surface area contributed by atoms with Gasteiger partial charge in [0.05, 0.1) is 11.6 Å². The van der Waals surface area contributed by atoms with Gasteiger partial charge in [0.25, 0.3) is 6.47 Å². The van der Waals surface area contributed by atoms with Gasteiger partial charge in [0.15, 0.2) is 0 Å². The van der Waals surface area contributed by atoms with Crippen LogP contribution in [0.15, 0.2) is 89.7 Å². The summed E-state index contributed by atoms with van der Waals surface area (Å²) >= 11 is 10.4. The minimum Gasteiger partial charge on any atom is -0.488 e. The van der Waals surface area contributed by atoms with Crippen LogP contribution in [-0.2, 0) is 24.6 Å². The van der Waals surface area contributed by atoms with Crippen LogP contribution in [0.25, 0.3) is 11.1 Å². The number of aromatic nitrogens is 1. The molecular weight excluding hydrogens is 584 g/mol. The number of halogens is 2. The highest BCUT2D eigenvalue weighted by Gasteiger charge is 2.14. The van der Waals surface area contributed by atoms with Crippen LogP contribution >= 0.6 is 27.5 Å². The van der Waals surface area contributed by atoms with E-state index >= 15 is 0 Å². The molecule has 3 aromatic carbocycles. The highest BCUT2D eigenvalue weighted by Crippen LogP contribution is 2.36. The Morgan fingerprint density at radius 2 is 1.74 bits per heavy atom. The molecule has 0 aliphatic carbocycles. The summed E-state index contributed by atoms with van der Waals surface area (Å²) in [4.78, 5) is 12.5. The van der Waals surface area contributed by atoms with Gasteiger partial charge >= 0.3 is 0 Å². The van der Waals surface area contributed by atoms with Crippen molar-refractivity contribution in [1.82, 2.24) is 10.3 Å². The Bertz CT molecular complexity index is 1330. The molecule has 0 bridgehead atoms. The first-order chi connectivity index (χ1) is 19.0. The molecule has 0 saturated heterocycles. The molecule has 1 heterocycles. The van der Waals surface area contributed by atoms with Crippen molar-refractivity contribution in [1.29, 1.82) is 0 Å². The molecule has 7 nitrogen and oxygen atoms in total. The topological polar surface area (TPSA) is 101 Å². The van der Waals surface area contributed by atoms with E-state index in [0.29, 0.717) is 36.3 Å². The van der Waals surface area contributed by atoms with E-state index in [9.17, 15) is 5.11 Å². The molecule has 1 unspecified atom stereocenters. The van der Waals surface area contributed by atoms with E-state index < -0.39 is 0 Å². The molecule has 3 N–H and O–H groups in total. The smallest absolute Gasteiger partial charge is 0.290 e. The first-order valence-corrected chi connectivity index (χ1v) is 13.4. The summed E-state index contributed by atoms with van der Waals surface area (Å²) in [5.74, 6) is 1.20. The first kappa shape index (κ1) is 30.1. The lowest BCUT2D eigenvalue weighted by Gasteiger charge is -2.18. The van der Waals surface area contributed by atoms with E-state index in [2.05, 4.69) is 44.4 Å². The van der Waals surface area contributed by atoms with E-state index in [0.717, 1.165) is 32.3 Å². The number of aliphatic hydroxyl groups is 1. The highest BCUT2D eigenvalue weighted by molar-refractivity contribution is 9.10. The Morgan fingerprint density at radius 3 is 2.44 bits per heavy atom. The predicted octanol–water partition coefficient (Wildman–Crippen LogP) is 6.49. The largest absolute Gasteiger partial charge is 0.488 e. The number of nitrogens with zero attached hydrogens (tertiary/aromatic N) is 1. The number of benzene rings is 3. The normalized spacial score (nSPS) is 11.2. The third-order valence-corrected chi connectivity index (χ3v) is 6.93. The van der Waals surface area contributed by atoms with Crippen LogP contribution in [0.4, 0.5) is 0 Å². The maximum absolute atomic E-state index is 9.38. The Balaban J connectivity index is 0.00000134. The van der Waals surface area contributed by atoms with Gasteiger partial charge in [-0.25, -0.2) is 0 Å². The van der Waals surface area contributed by atoms with Gasteiger partial charge in [0.2, 0.25) is 0 Å². The van der Waals surface area contributed by atoms with Crippen LogP contribution in [0.3, 0.4) is 0 Å². The molecular formula is C30H30BrClN2O5. The van der Waals surface area contributed by atoms with Gasteiger partial charge in [-0.05, 0) is 46.1 Å². The summed E-state index contributed by atoms with van der Waals surface area (Å²) in [5, 5.41) is 20.0. The Kier molecular flexibility index (Phi) is 12.2. The summed E-state index contributed by atoms with van der Waals surface area (Å²) < 4.78 is 13.3. The van der Waals surface area contributed by atoms with Crippen molar-refractivity contribution in [2.75, 3.05) is 6.61 Å². The molecule has 204 valence electrons. The van der Waals surface area contributed by atoms with Crippen molar-refractivity contribution in [3.8, 4) is 22.6 Å². The molecule has 1 aromatic heterocycles. The second kappa shape index (κ2) is 15.9. The molecule has 0 radical (unpaired) electrons. The molecule has 4 aromatic rings. The van der Waals surface area contributed by atoms with Crippen LogP contribution in [0.5, 0.6) is 11.5 Å². The third kappa shape index (κ3) is 9.07. The summed E-state index contributed by atoms with van der Waals surface area (Å²) in [6, 6.07) is 23.8. The molecule has 0 aliphatic heterocycles. The monoisotopic (exact) mass is 612 g/mol. The van der Waals surface area contributed by atoms with Crippen molar-refractivity contribution in [3.63, 3.8) is 0 Å². The SMILES string of the molecule is CC(CO)NCc1cc(Cl)c(OCc2cccc(-c3ccccc3)c2Br)cc1OCc1cccnc1.O=CO. The predicted molar refractivity (Wildman–Crippen MR) is 156 cm³/mol. The highest BCUT2D eigenvalue weighted by atomic mass is 79.9. The fraction of sp³-hybridized carbons (Fsp3) is 0.200. The second-order valence-electron chi connectivity index (χ2n) is 8.54. The van der Waals surface area contributed by atoms with Crippen molar-refractivity contribution in [2.45, 2.75) is 32.7 Å². The molecule has 0 spiro atoms. The minimum atomic E-state index is -0.250. The molecule has 0 aliphatic rings. The first-order valence-electron chi connectivity index (χ1n) is 12.2. The van der Waals surface area contributed by atoms with Crippen LogP contribution in [0.1, 0.15) is 23.6 Å². The lowest BCUT2D eigenvalue weighted by Crippen LogP contribution is -2.28. The number of ether oxygens (including phenoxy) is 2. The number of rotatable bonds is 11. The van der Waals surface area contributed by atoms with E-state index in [1.54, 1.807) is 12.4 Å². The lowest BCUT2D eigenvalue weighted by molar-refractivity contribution is -0.122. The minimum absolute atomic E-state index is 0.0394. The fourth-order valence-corrected chi connectivity index (χ4v) is 4.49. The van der Waals surface area contributed by atoms with Crippen molar-refractivity contribution >= 4 is 34.0 Å². The van der Waals surface area contributed by atoms with Gasteiger partial charge in [-0.3, -0.25) is 9.78 Å². The van der Waals surface area contributed by atoms with Crippen LogP contribution in [0.2, 0.25) is 5.02 Å². The lowest BCUT2D eigenvalue weighted by atomic mass is 10.0. The number of pyridine rings is 1. The summed E-state index contributed by atoms with van der Waals surface area (Å²) in [6.07, 6.45) is 3.50. The van der Waals surface area contributed by atoms with E-state index in [1.165, 1.54) is 0 Å². The molecule has 0 saturated carbocycles. The molecule has 9 heteroatoms. The number of carboxylic acid groups (broad SMARTS) is 1. The average Bonchev–Trinajstić information content (AvgIpc) is 2.96. The second-order valence-corrected chi connectivity index (χ2v) is 9.74. The molecule has 1 atom stereocenters. The zero-order valence-corrected chi connectivity index (χ0v) is 23.7. The third-order valence-electron chi connectivity index (χ3n) is 5.69. The van der Waals surface area contributed by atoms with Gasteiger partial charge < -0.3 is 25.0 Å². The van der Waals surface area contributed by atoms with Crippen LogP contribution < -0.4 is 14.8 Å². The zero-order valence-electron chi connectivity index (χ0n) is 21.4. The van der Waals surface area contributed by atoms with Gasteiger partial charge in [-0.15, -0.1) is 0 Å². The standard InChI is InChI=1S/C29H28BrClN2O3.CH2O2/c1-20(17-34)33-16-24-13-26(31)28(14-27(24)35-18-21-7-6-12-32-15-21)36-19-23-10-5-11-25(29(23)30)22-8-3-2-4-9-22;2-1-3/h2-15,20,33-34H,16-19H2,1H3;1H,(H,2,3). The van der Waals surface area contributed by atoms with Gasteiger partial charge in [-0.1, -0.05) is 66.2 Å². The van der Waals surface area contributed by atoms with E-state index in [1.807, 2.05) is 61.5 Å². The van der Waals surface area contributed by atoms with Gasteiger partial charge in [0, 0.05) is 52.2 Å². The van der Waals surface area contributed by atoms with E-state index in [-0.39, 0.29) is 19.1 Å². The van der Waals surface area contributed by atoms with Gasteiger partial charge in [-0.2, -0.15) is 0 Å². The van der Waals surface area contributed by atoms with Crippen molar-refractivity contribution in [3.05, 3.63) is 111 Å². The number of hydrogen-bond acceptors (Lipinski definition) is 6. The fourth-order valence-electron chi connectivity index (χ4n) is 3.64. The Morgan fingerprint density at radius 1 is 1.00 bits per heavy atom. The molecule has 39 heavy (non-hydrogen) atoms. The van der Waals surface area contributed by atoms with Crippen LogP contribution in [0, 0.1) is 0 Å². The molecule has 0 amide bonds. The van der Waals surface area contributed by atoms with Gasteiger partial charge in [0.1, 0.15) is 24.7 Å². The summed E-state index contributed by atoms with van der Waals surface area (Å²) in [7, 11) is 0. The summed E-state index contributed by atoms with van der Waals surface area (Å²) in [6.45, 7) is 2.90. The number of nitrogens with one attached hydrogen (secondary N) is 1. The molecule has 4 rings (SSSR count). The number of aliphatic hydroxyl groups excluding tert-OH is 1. The maximum Gasteiger partial charge on any atom is 0.290 e. The Hall–Kier alpha value is -3.43. The summed E-state index contributed by atoms with van der Waals surface area (Å²) in [5.41, 5.74) is 5.07. The van der Waals surface area contributed by atoms with E-state index in [4.69, 9.17) is 31.0 Å². The zero-order chi connectivity index (χ0) is 28.0. The number of hydrogen-bond donors (Lipinski definition) is 3. The maximum atomic E-state index is 9.38.